The van der Waals surface area contributed by atoms with Gasteiger partial charge in [0.05, 0.1) is 5.39 Å². The molecule has 0 unspecified atom stereocenters. The highest BCUT2D eigenvalue weighted by molar-refractivity contribution is 7.18. The lowest BCUT2D eigenvalue weighted by Gasteiger charge is -2.10. The Kier molecular flexibility index (Phi) is 6.60. The fourth-order valence-corrected chi connectivity index (χ4v) is 4.71. The van der Waals surface area contributed by atoms with Gasteiger partial charge in [-0.1, -0.05) is 41.6 Å². The number of anilines is 1. The molecule has 6 nitrogen and oxygen atoms in total. The monoisotopic (exact) mass is 510 g/mol. The van der Waals surface area contributed by atoms with Gasteiger partial charge in [-0.2, -0.15) is 0 Å². The summed E-state index contributed by atoms with van der Waals surface area (Å²) < 4.78 is 45.9. The molecule has 0 spiro atoms. The van der Waals surface area contributed by atoms with Gasteiger partial charge in [0.2, 0.25) is 0 Å². The SMILES string of the molecule is Cc1cc2c(NCCCc3ccc(-c4ccc(OC(F)(F)F)cc4)cc3)nc(-c3ccon3)nc2s1. The van der Waals surface area contributed by atoms with Crippen molar-refractivity contribution in [2.45, 2.75) is 26.1 Å². The van der Waals surface area contributed by atoms with Crippen molar-refractivity contribution in [1.29, 1.82) is 0 Å². The van der Waals surface area contributed by atoms with Crippen LogP contribution in [0, 0.1) is 6.92 Å². The number of nitrogens with zero attached hydrogens (tertiary/aromatic N) is 3. The van der Waals surface area contributed by atoms with E-state index < -0.39 is 6.36 Å². The number of nitrogens with one attached hydrogen (secondary N) is 1. The van der Waals surface area contributed by atoms with Gasteiger partial charge >= 0.3 is 6.36 Å². The van der Waals surface area contributed by atoms with Crippen LogP contribution in [0.5, 0.6) is 5.75 Å². The zero-order valence-corrected chi connectivity index (χ0v) is 20.0. The van der Waals surface area contributed by atoms with Gasteiger partial charge in [0.1, 0.15) is 22.7 Å². The number of thiophene rings is 1. The van der Waals surface area contributed by atoms with Crippen molar-refractivity contribution in [3.63, 3.8) is 0 Å². The molecule has 0 fully saturated rings. The van der Waals surface area contributed by atoms with Crippen LogP contribution in [0.1, 0.15) is 16.9 Å². The number of alkyl halides is 3. The Balaban J connectivity index is 1.20. The summed E-state index contributed by atoms with van der Waals surface area (Å²) in [5.41, 5.74) is 3.50. The molecule has 0 aliphatic heterocycles. The Bertz CT molecular complexity index is 1450. The van der Waals surface area contributed by atoms with Gasteiger partial charge in [-0.15, -0.1) is 24.5 Å². The van der Waals surface area contributed by atoms with E-state index in [0.717, 1.165) is 51.4 Å². The van der Waals surface area contributed by atoms with Crippen molar-refractivity contribution in [3.05, 3.63) is 77.4 Å². The lowest BCUT2D eigenvalue weighted by atomic mass is 10.0. The van der Waals surface area contributed by atoms with E-state index in [-0.39, 0.29) is 5.75 Å². The average Bonchev–Trinajstić information content (AvgIpc) is 3.51. The molecular formula is C26H21F3N4O2S. The Hall–Kier alpha value is -3.92. The molecular weight excluding hydrogens is 489 g/mol. The summed E-state index contributed by atoms with van der Waals surface area (Å²) in [5, 5.41) is 8.37. The molecule has 0 aliphatic carbocycles. The second-order valence-electron chi connectivity index (χ2n) is 8.16. The molecule has 5 rings (SSSR count). The molecule has 0 aliphatic rings. The van der Waals surface area contributed by atoms with E-state index in [4.69, 9.17) is 4.52 Å². The lowest BCUT2D eigenvalue weighted by Crippen LogP contribution is -2.16. The van der Waals surface area contributed by atoms with Gasteiger partial charge < -0.3 is 14.6 Å². The summed E-state index contributed by atoms with van der Waals surface area (Å²) in [6.07, 6.45) is -1.45. The van der Waals surface area contributed by atoms with Crippen molar-refractivity contribution in [3.8, 4) is 28.4 Å². The molecule has 10 heteroatoms. The molecule has 3 aromatic heterocycles. The van der Waals surface area contributed by atoms with Gasteiger partial charge in [-0.3, -0.25) is 0 Å². The number of ether oxygens (including phenoxy) is 1. The van der Waals surface area contributed by atoms with Gasteiger partial charge in [-0.25, -0.2) is 9.97 Å². The van der Waals surface area contributed by atoms with Crippen LogP contribution in [0.25, 0.3) is 32.9 Å². The van der Waals surface area contributed by atoms with E-state index in [2.05, 4.69) is 31.2 Å². The number of benzene rings is 2. The number of fused-ring (bicyclic) bond motifs is 1. The molecule has 184 valence electrons. The van der Waals surface area contributed by atoms with E-state index in [9.17, 15) is 13.2 Å². The molecule has 0 bridgehead atoms. The number of aromatic nitrogens is 3. The van der Waals surface area contributed by atoms with Crippen molar-refractivity contribution < 1.29 is 22.4 Å². The first-order chi connectivity index (χ1) is 17.3. The topological polar surface area (TPSA) is 73.1 Å². The summed E-state index contributed by atoms with van der Waals surface area (Å²) in [6, 6.07) is 17.7. The first-order valence-corrected chi connectivity index (χ1v) is 12.0. The van der Waals surface area contributed by atoms with Gasteiger partial charge in [0.25, 0.3) is 0 Å². The molecule has 5 aromatic rings. The van der Waals surface area contributed by atoms with Crippen LogP contribution in [0.3, 0.4) is 0 Å². The molecule has 2 aromatic carbocycles. The quantitative estimate of drug-likeness (QED) is 0.221. The number of aryl methyl sites for hydroxylation is 2. The van der Waals surface area contributed by atoms with E-state index in [1.54, 1.807) is 29.5 Å². The Morgan fingerprint density at radius 2 is 1.69 bits per heavy atom. The predicted octanol–water partition coefficient (Wildman–Crippen LogP) is 7.27. The Morgan fingerprint density at radius 3 is 2.36 bits per heavy atom. The average molecular weight is 511 g/mol. The lowest BCUT2D eigenvalue weighted by molar-refractivity contribution is -0.274. The van der Waals surface area contributed by atoms with Gasteiger partial charge in [0, 0.05) is 17.5 Å². The number of halogens is 3. The number of hydrogen-bond donors (Lipinski definition) is 1. The molecule has 0 saturated heterocycles. The van der Waals surface area contributed by atoms with Crippen molar-refractivity contribution in [2.75, 3.05) is 11.9 Å². The van der Waals surface area contributed by atoms with Crippen LogP contribution in [0.4, 0.5) is 19.0 Å². The zero-order valence-electron chi connectivity index (χ0n) is 19.2. The maximum absolute atomic E-state index is 12.3. The molecule has 1 N–H and O–H groups in total. The molecule has 0 saturated carbocycles. The van der Waals surface area contributed by atoms with Crippen molar-refractivity contribution in [2.24, 2.45) is 0 Å². The highest BCUT2D eigenvalue weighted by atomic mass is 32.1. The number of rotatable bonds is 8. The van der Waals surface area contributed by atoms with Crippen molar-refractivity contribution >= 4 is 27.4 Å². The van der Waals surface area contributed by atoms with Crippen LogP contribution in [-0.4, -0.2) is 28.0 Å². The fourth-order valence-electron chi connectivity index (χ4n) is 3.83. The van der Waals surface area contributed by atoms with Crippen molar-refractivity contribution in [1.82, 2.24) is 15.1 Å². The Labute approximate surface area is 208 Å². The van der Waals surface area contributed by atoms with Crippen LogP contribution >= 0.6 is 11.3 Å². The summed E-state index contributed by atoms with van der Waals surface area (Å²) >= 11 is 1.61. The van der Waals surface area contributed by atoms with E-state index >= 15 is 0 Å². The maximum atomic E-state index is 12.3. The predicted molar refractivity (Wildman–Crippen MR) is 133 cm³/mol. The maximum Gasteiger partial charge on any atom is 0.573 e. The molecule has 36 heavy (non-hydrogen) atoms. The van der Waals surface area contributed by atoms with E-state index in [0.29, 0.717) is 11.5 Å². The van der Waals surface area contributed by atoms with Crippen LogP contribution in [0.15, 0.2) is 71.4 Å². The highest BCUT2D eigenvalue weighted by Gasteiger charge is 2.30. The summed E-state index contributed by atoms with van der Waals surface area (Å²) in [6.45, 7) is 2.77. The fraction of sp³-hybridized carbons (Fsp3) is 0.192. The summed E-state index contributed by atoms with van der Waals surface area (Å²) in [4.78, 5) is 11.3. The van der Waals surface area contributed by atoms with Crippen LogP contribution in [0.2, 0.25) is 0 Å². The zero-order chi connectivity index (χ0) is 25.1. The third-order valence-corrected chi connectivity index (χ3v) is 6.44. The number of hydrogen-bond acceptors (Lipinski definition) is 7. The first-order valence-electron chi connectivity index (χ1n) is 11.2. The van der Waals surface area contributed by atoms with Gasteiger partial charge in [0.15, 0.2) is 11.5 Å². The minimum atomic E-state index is -4.69. The highest BCUT2D eigenvalue weighted by Crippen LogP contribution is 2.31. The molecule has 0 radical (unpaired) electrons. The van der Waals surface area contributed by atoms with E-state index in [1.807, 2.05) is 31.2 Å². The third-order valence-electron chi connectivity index (χ3n) is 5.49. The Morgan fingerprint density at radius 1 is 0.972 bits per heavy atom. The first kappa shape index (κ1) is 23.8. The molecule has 0 amide bonds. The van der Waals surface area contributed by atoms with Crippen LogP contribution in [-0.2, 0) is 6.42 Å². The smallest absolute Gasteiger partial charge is 0.406 e. The van der Waals surface area contributed by atoms with Gasteiger partial charge in [-0.05, 0) is 54.7 Å². The summed E-state index contributed by atoms with van der Waals surface area (Å²) in [7, 11) is 0. The standard InChI is InChI=1S/C26H21F3N4O2S/c1-16-15-21-23(31-24(32-25(21)36-16)22-12-14-34-33-22)30-13-2-3-17-4-6-18(7-5-17)19-8-10-20(11-9-19)35-26(27,28)29/h4-12,14-15H,2-3,13H2,1H3,(H,30,31,32). The second-order valence-corrected chi connectivity index (χ2v) is 9.39. The van der Waals surface area contributed by atoms with Crippen LogP contribution < -0.4 is 10.1 Å². The second kappa shape index (κ2) is 9.98. The molecule has 0 atom stereocenters. The minimum Gasteiger partial charge on any atom is -0.406 e. The minimum absolute atomic E-state index is 0.234. The molecule has 3 heterocycles. The normalized spacial score (nSPS) is 11.7. The largest absolute Gasteiger partial charge is 0.573 e. The third kappa shape index (κ3) is 5.65. The van der Waals surface area contributed by atoms with E-state index in [1.165, 1.54) is 24.0 Å². The summed E-state index contributed by atoms with van der Waals surface area (Å²) in [5.74, 6) is 1.06.